The molecule has 2 aromatic rings. The summed E-state index contributed by atoms with van der Waals surface area (Å²) in [5.74, 6) is -0.339. The summed E-state index contributed by atoms with van der Waals surface area (Å²) in [5, 5.41) is 5.12. The fraction of sp³-hybridized carbons (Fsp3) is 0.333. The number of aryl methyl sites for hydroxylation is 1. The molecule has 0 amide bonds. The highest BCUT2D eigenvalue weighted by atomic mass is 16.5. The number of ether oxygens (including phenoxy) is 1. The van der Waals surface area contributed by atoms with Gasteiger partial charge in [-0.2, -0.15) is 5.10 Å². The average molecular weight is 256 g/mol. The van der Waals surface area contributed by atoms with Crippen LogP contribution in [-0.4, -0.2) is 21.9 Å². The van der Waals surface area contributed by atoms with Crippen molar-refractivity contribution >= 4 is 16.9 Å². The van der Waals surface area contributed by atoms with Crippen molar-refractivity contribution in [2.24, 2.45) is 7.05 Å². The van der Waals surface area contributed by atoms with Gasteiger partial charge in [0, 0.05) is 12.4 Å². The van der Waals surface area contributed by atoms with Crippen LogP contribution in [0, 0.1) is 0 Å². The van der Waals surface area contributed by atoms with Crippen molar-refractivity contribution in [3.05, 3.63) is 42.1 Å². The summed E-state index contributed by atoms with van der Waals surface area (Å²) in [6.07, 6.45) is 6.96. The lowest BCUT2D eigenvalue weighted by molar-refractivity contribution is 0.0364. The molecule has 19 heavy (non-hydrogen) atoms. The van der Waals surface area contributed by atoms with Crippen LogP contribution in [0.1, 0.15) is 29.8 Å². The van der Waals surface area contributed by atoms with Crippen LogP contribution in [0.4, 0.5) is 0 Å². The molecule has 0 spiro atoms. The minimum absolute atomic E-state index is 0.109. The average Bonchev–Trinajstić information content (AvgIpc) is 2.78. The Labute approximate surface area is 111 Å². The molecule has 1 aromatic heterocycles. The van der Waals surface area contributed by atoms with Gasteiger partial charge in [-0.3, -0.25) is 4.68 Å². The van der Waals surface area contributed by atoms with Crippen LogP contribution in [0.5, 0.6) is 0 Å². The molecule has 1 aliphatic rings. The quantitative estimate of drug-likeness (QED) is 0.613. The smallest absolute Gasteiger partial charge is 0.360 e. The summed E-state index contributed by atoms with van der Waals surface area (Å²) < 4.78 is 7.21. The predicted molar refractivity (Wildman–Crippen MR) is 72.9 cm³/mol. The normalized spacial score (nSPS) is 18.7. The maximum atomic E-state index is 12.2. The van der Waals surface area contributed by atoms with E-state index in [1.165, 1.54) is 0 Å². The molecule has 1 heterocycles. The van der Waals surface area contributed by atoms with Crippen molar-refractivity contribution in [2.75, 3.05) is 0 Å². The van der Waals surface area contributed by atoms with Gasteiger partial charge in [-0.05, 0) is 31.4 Å². The number of aromatic nitrogens is 2. The Morgan fingerprint density at radius 2 is 2.26 bits per heavy atom. The van der Waals surface area contributed by atoms with E-state index < -0.39 is 0 Å². The van der Waals surface area contributed by atoms with E-state index in [0.717, 1.165) is 30.2 Å². The van der Waals surface area contributed by atoms with Crippen molar-refractivity contribution in [3.63, 3.8) is 0 Å². The van der Waals surface area contributed by atoms with E-state index in [0.29, 0.717) is 5.69 Å². The van der Waals surface area contributed by atoms with Gasteiger partial charge in [-0.25, -0.2) is 4.79 Å². The number of hydrogen-bond donors (Lipinski definition) is 0. The lowest BCUT2D eigenvalue weighted by Gasteiger charge is -2.16. The van der Waals surface area contributed by atoms with Gasteiger partial charge < -0.3 is 4.74 Å². The number of rotatable bonds is 2. The highest BCUT2D eigenvalue weighted by molar-refractivity contribution is 6.02. The van der Waals surface area contributed by atoms with E-state index in [1.54, 1.807) is 4.68 Å². The summed E-state index contributed by atoms with van der Waals surface area (Å²) in [5.41, 5.74) is 1.34. The maximum Gasteiger partial charge on any atom is 0.360 e. The van der Waals surface area contributed by atoms with Crippen LogP contribution in [0.25, 0.3) is 10.9 Å². The van der Waals surface area contributed by atoms with Crippen molar-refractivity contribution in [3.8, 4) is 0 Å². The zero-order valence-corrected chi connectivity index (χ0v) is 10.9. The topological polar surface area (TPSA) is 44.1 Å². The van der Waals surface area contributed by atoms with Crippen LogP contribution >= 0.6 is 0 Å². The molecule has 0 N–H and O–H groups in total. The van der Waals surface area contributed by atoms with Crippen LogP contribution in [-0.2, 0) is 11.8 Å². The highest BCUT2D eigenvalue weighted by Crippen LogP contribution is 2.20. The summed E-state index contributed by atoms with van der Waals surface area (Å²) in [7, 11) is 1.83. The van der Waals surface area contributed by atoms with Gasteiger partial charge >= 0.3 is 5.97 Å². The van der Waals surface area contributed by atoms with E-state index in [2.05, 4.69) is 11.2 Å². The highest BCUT2D eigenvalue weighted by Gasteiger charge is 2.20. The Bertz CT molecular complexity index is 643. The first-order chi connectivity index (χ1) is 9.25. The number of hydrogen-bond acceptors (Lipinski definition) is 3. The first kappa shape index (κ1) is 12.0. The molecular formula is C15H16N2O2. The molecule has 1 unspecified atom stereocenters. The van der Waals surface area contributed by atoms with E-state index >= 15 is 0 Å². The molecule has 0 radical (unpaired) electrons. The van der Waals surface area contributed by atoms with E-state index in [1.807, 2.05) is 37.4 Å². The summed E-state index contributed by atoms with van der Waals surface area (Å²) in [6, 6.07) is 7.68. The molecule has 1 aliphatic carbocycles. The van der Waals surface area contributed by atoms with Gasteiger partial charge in [0.2, 0.25) is 0 Å². The fourth-order valence-corrected chi connectivity index (χ4v) is 2.44. The zero-order chi connectivity index (χ0) is 13.2. The molecule has 0 fully saturated rings. The SMILES string of the molecule is Cn1nc(C(=O)OC2C=CCCC2)c2ccccc21. The molecule has 0 aliphatic heterocycles. The number of esters is 1. The first-order valence-corrected chi connectivity index (χ1v) is 6.55. The number of allylic oxidation sites excluding steroid dienone is 1. The Kier molecular flexibility index (Phi) is 3.07. The minimum atomic E-state index is -0.339. The third-order valence-electron chi connectivity index (χ3n) is 3.42. The molecule has 4 heteroatoms. The van der Waals surface area contributed by atoms with Crippen molar-refractivity contribution in [1.82, 2.24) is 9.78 Å². The molecule has 0 saturated heterocycles. The van der Waals surface area contributed by atoms with Gasteiger partial charge in [0.1, 0.15) is 6.10 Å². The van der Waals surface area contributed by atoms with Gasteiger partial charge in [0.05, 0.1) is 5.52 Å². The molecule has 0 saturated carbocycles. The Hall–Kier alpha value is -2.10. The molecule has 0 bridgehead atoms. The number of fused-ring (bicyclic) bond motifs is 1. The van der Waals surface area contributed by atoms with Crippen molar-refractivity contribution in [1.29, 1.82) is 0 Å². The Morgan fingerprint density at radius 1 is 1.42 bits per heavy atom. The third kappa shape index (κ3) is 2.26. The van der Waals surface area contributed by atoms with Crippen LogP contribution < -0.4 is 0 Å². The third-order valence-corrected chi connectivity index (χ3v) is 3.42. The van der Waals surface area contributed by atoms with Crippen LogP contribution in [0.3, 0.4) is 0 Å². The van der Waals surface area contributed by atoms with E-state index in [9.17, 15) is 4.79 Å². The second kappa shape index (κ2) is 4.88. The maximum absolute atomic E-state index is 12.2. The minimum Gasteiger partial charge on any atom is -0.453 e. The number of carbonyl (C=O) groups excluding carboxylic acids is 1. The molecule has 1 atom stereocenters. The molecule has 98 valence electrons. The first-order valence-electron chi connectivity index (χ1n) is 6.55. The second-order valence-corrected chi connectivity index (χ2v) is 4.79. The second-order valence-electron chi connectivity index (χ2n) is 4.79. The Balaban J connectivity index is 1.89. The van der Waals surface area contributed by atoms with Gasteiger partial charge in [0.25, 0.3) is 0 Å². The lowest BCUT2D eigenvalue weighted by atomic mass is 10.1. The number of nitrogens with zero attached hydrogens (tertiary/aromatic N) is 2. The van der Waals surface area contributed by atoms with Crippen LogP contribution in [0.15, 0.2) is 36.4 Å². The monoisotopic (exact) mass is 256 g/mol. The predicted octanol–water partition coefficient (Wildman–Crippen LogP) is 2.84. The number of carbonyl (C=O) groups is 1. The summed E-state index contributed by atoms with van der Waals surface area (Å²) >= 11 is 0. The van der Waals surface area contributed by atoms with Gasteiger partial charge in [-0.15, -0.1) is 0 Å². The molecular weight excluding hydrogens is 240 g/mol. The Morgan fingerprint density at radius 3 is 3.05 bits per heavy atom. The molecule has 1 aromatic carbocycles. The molecule has 4 nitrogen and oxygen atoms in total. The van der Waals surface area contributed by atoms with Crippen molar-refractivity contribution in [2.45, 2.75) is 25.4 Å². The zero-order valence-electron chi connectivity index (χ0n) is 10.9. The fourth-order valence-electron chi connectivity index (χ4n) is 2.44. The standard InChI is InChI=1S/C15H16N2O2/c1-17-13-10-6-5-9-12(13)14(16-17)15(18)19-11-7-3-2-4-8-11/h3,5-7,9-11H,2,4,8H2,1H3. The van der Waals surface area contributed by atoms with Crippen molar-refractivity contribution < 1.29 is 9.53 Å². The lowest BCUT2D eigenvalue weighted by Crippen LogP contribution is -2.18. The summed E-state index contributed by atoms with van der Waals surface area (Å²) in [6.45, 7) is 0. The number of para-hydroxylation sites is 1. The van der Waals surface area contributed by atoms with Gasteiger partial charge in [-0.1, -0.05) is 24.3 Å². The van der Waals surface area contributed by atoms with Crippen LogP contribution in [0.2, 0.25) is 0 Å². The largest absolute Gasteiger partial charge is 0.453 e. The van der Waals surface area contributed by atoms with E-state index in [4.69, 9.17) is 4.74 Å². The van der Waals surface area contributed by atoms with Gasteiger partial charge in [0.15, 0.2) is 5.69 Å². The summed E-state index contributed by atoms with van der Waals surface area (Å²) in [4.78, 5) is 12.2. The van der Waals surface area contributed by atoms with E-state index in [-0.39, 0.29) is 12.1 Å². The molecule has 3 rings (SSSR count). The number of benzene rings is 1.